The number of aromatic nitrogens is 1. The van der Waals surface area contributed by atoms with Crippen LogP contribution >= 0.6 is 0 Å². The van der Waals surface area contributed by atoms with Gasteiger partial charge < -0.3 is 10.1 Å². The topological polar surface area (TPSA) is 51.2 Å². The second kappa shape index (κ2) is 8.04. The molecule has 0 unspecified atom stereocenters. The maximum absolute atomic E-state index is 12.1. The van der Waals surface area contributed by atoms with Gasteiger partial charge in [-0.2, -0.15) is 0 Å². The van der Waals surface area contributed by atoms with Crippen molar-refractivity contribution >= 4 is 11.6 Å². The number of nitrogens with zero attached hydrogens (tertiary/aromatic N) is 1. The zero-order valence-electron chi connectivity index (χ0n) is 13.2. The van der Waals surface area contributed by atoms with Crippen LogP contribution in [0.4, 0.5) is 5.69 Å². The molecule has 0 aliphatic rings. The predicted molar refractivity (Wildman–Crippen MR) is 93.6 cm³/mol. The molecule has 0 aliphatic heterocycles. The number of pyridine rings is 1. The van der Waals surface area contributed by atoms with Crippen molar-refractivity contribution in [3.63, 3.8) is 0 Å². The molecule has 24 heavy (non-hydrogen) atoms. The number of hydrogen-bond donors (Lipinski definition) is 1. The van der Waals surface area contributed by atoms with Crippen molar-refractivity contribution in [3.8, 4) is 0 Å². The lowest BCUT2D eigenvalue weighted by Gasteiger charge is -2.06. The minimum Gasteiger partial charge on any atom is -0.370 e. The van der Waals surface area contributed by atoms with Gasteiger partial charge in [-0.15, -0.1) is 0 Å². The van der Waals surface area contributed by atoms with Crippen LogP contribution in [0, 0.1) is 0 Å². The third-order valence-electron chi connectivity index (χ3n) is 3.48. The van der Waals surface area contributed by atoms with Crippen molar-refractivity contribution in [1.82, 2.24) is 4.98 Å². The van der Waals surface area contributed by atoms with Crippen molar-refractivity contribution in [1.29, 1.82) is 0 Å². The van der Waals surface area contributed by atoms with Gasteiger partial charge >= 0.3 is 0 Å². The smallest absolute Gasteiger partial charge is 0.257 e. The van der Waals surface area contributed by atoms with Crippen LogP contribution in [0.15, 0.2) is 79.0 Å². The van der Waals surface area contributed by atoms with Gasteiger partial charge in [0.25, 0.3) is 5.91 Å². The zero-order valence-corrected chi connectivity index (χ0v) is 13.2. The molecule has 0 saturated carbocycles. The second-order valence-electron chi connectivity index (χ2n) is 5.34. The van der Waals surface area contributed by atoms with Gasteiger partial charge in [0.05, 0.1) is 24.5 Å². The Morgan fingerprint density at radius 3 is 2.25 bits per heavy atom. The summed E-state index contributed by atoms with van der Waals surface area (Å²) < 4.78 is 5.64. The fraction of sp³-hybridized carbons (Fsp3) is 0.100. The molecule has 0 aliphatic carbocycles. The van der Waals surface area contributed by atoms with E-state index < -0.39 is 0 Å². The standard InChI is InChI=1S/C20H18N2O2/c23-20(22-18-9-5-2-6-10-18)17-11-12-19(21-13-17)15-24-14-16-7-3-1-4-8-16/h1-13H,14-15H2,(H,22,23). The lowest BCUT2D eigenvalue weighted by molar-refractivity contribution is 0.102. The summed E-state index contributed by atoms with van der Waals surface area (Å²) in [4.78, 5) is 16.4. The molecule has 1 aromatic heterocycles. The Morgan fingerprint density at radius 2 is 1.58 bits per heavy atom. The lowest BCUT2D eigenvalue weighted by atomic mass is 10.2. The number of nitrogens with one attached hydrogen (secondary N) is 1. The van der Waals surface area contributed by atoms with Gasteiger partial charge in [0.2, 0.25) is 0 Å². The highest BCUT2D eigenvalue weighted by Crippen LogP contribution is 2.09. The molecule has 0 atom stereocenters. The molecular formula is C20H18N2O2. The minimum absolute atomic E-state index is 0.176. The van der Waals surface area contributed by atoms with Crippen LogP contribution in [0.25, 0.3) is 0 Å². The second-order valence-corrected chi connectivity index (χ2v) is 5.34. The van der Waals surface area contributed by atoms with Gasteiger partial charge in [-0.3, -0.25) is 9.78 Å². The van der Waals surface area contributed by atoms with Crippen molar-refractivity contribution in [2.24, 2.45) is 0 Å². The zero-order chi connectivity index (χ0) is 16.6. The molecule has 1 heterocycles. The highest BCUT2D eigenvalue weighted by atomic mass is 16.5. The molecule has 1 N–H and O–H groups in total. The predicted octanol–water partition coefficient (Wildman–Crippen LogP) is 4.05. The number of ether oxygens (including phenoxy) is 1. The fourth-order valence-corrected chi connectivity index (χ4v) is 2.22. The Balaban J connectivity index is 1.52. The van der Waals surface area contributed by atoms with Crippen molar-refractivity contribution in [2.45, 2.75) is 13.2 Å². The SMILES string of the molecule is O=C(Nc1ccccc1)c1ccc(COCc2ccccc2)nc1. The molecule has 4 nitrogen and oxygen atoms in total. The van der Waals surface area contributed by atoms with Gasteiger partial charge in [0.1, 0.15) is 0 Å². The summed E-state index contributed by atoms with van der Waals surface area (Å²) in [6.07, 6.45) is 1.57. The molecule has 2 aromatic carbocycles. The molecular weight excluding hydrogens is 300 g/mol. The third-order valence-corrected chi connectivity index (χ3v) is 3.48. The Morgan fingerprint density at radius 1 is 0.875 bits per heavy atom. The van der Waals surface area contributed by atoms with Crippen LogP contribution in [0.5, 0.6) is 0 Å². The Bertz CT molecular complexity index is 772. The maximum Gasteiger partial charge on any atom is 0.257 e. The van der Waals surface area contributed by atoms with E-state index >= 15 is 0 Å². The normalized spacial score (nSPS) is 10.3. The van der Waals surface area contributed by atoms with Crippen LogP contribution in [-0.4, -0.2) is 10.9 Å². The monoisotopic (exact) mass is 318 g/mol. The first-order valence-corrected chi connectivity index (χ1v) is 7.74. The first kappa shape index (κ1) is 15.9. The van der Waals surface area contributed by atoms with E-state index in [0.29, 0.717) is 18.8 Å². The largest absolute Gasteiger partial charge is 0.370 e. The average molecular weight is 318 g/mol. The van der Waals surface area contributed by atoms with Crippen molar-refractivity contribution in [2.75, 3.05) is 5.32 Å². The summed E-state index contributed by atoms with van der Waals surface area (Å²) in [5, 5.41) is 2.83. The quantitative estimate of drug-likeness (QED) is 0.746. The van der Waals surface area contributed by atoms with E-state index in [4.69, 9.17) is 4.74 Å². The van der Waals surface area contributed by atoms with Crippen LogP contribution in [0.3, 0.4) is 0 Å². The number of rotatable bonds is 6. The number of benzene rings is 2. The number of carbonyl (C=O) groups is 1. The molecule has 0 bridgehead atoms. The molecule has 120 valence electrons. The number of amides is 1. The summed E-state index contributed by atoms with van der Waals surface area (Å²) in [5.41, 5.74) is 3.20. The minimum atomic E-state index is -0.176. The molecule has 3 rings (SSSR count). The summed E-state index contributed by atoms with van der Waals surface area (Å²) in [6.45, 7) is 0.953. The van der Waals surface area contributed by atoms with Gasteiger partial charge in [-0.1, -0.05) is 48.5 Å². The Labute approximate surface area is 141 Å². The van der Waals surface area contributed by atoms with E-state index in [9.17, 15) is 4.79 Å². The highest BCUT2D eigenvalue weighted by molar-refractivity contribution is 6.04. The van der Waals surface area contributed by atoms with Crippen LogP contribution in [-0.2, 0) is 18.0 Å². The lowest BCUT2D eigenvalue weighted by Crippen LogP contribution is -2.12. The molecule has 1 amide bonds. The van der Waals surface area contributed by atoms with Crippen molar-refractivity contribution in [3.05, 3.63) is 95.8 Å². The van der Waals surface area contributed by atoms with Crippen molar-refractivity contribution < 1.29 is 9.53 Å². The molecule has 0 radical (unpaired) electrons. The fourth-order valence-electron chi connectivity index (χ4n) is 2.22. The molecule has 0 spiro atoms. The third kappa shape index (κ3) is 4.51. The summed E-state index contributed by atoms with van der Waals surface area (Å²) in [6, 6.07) is 22.9. The van der Waals surface area contributed by atoms with E-state index in [1.165, 1.54) is 0 Å². The van der Waals surface area contributed by atoms with E-state index in [-0.39, 0.29) is 5.91 Å². The number of carbonyl (C=O) groups excluding carboxylic acids is 1. The van der Waals surface area contributed by atoms with E-state index in [1.54, 1.807) is 12.3 Å². The molecule has 4 heteroatoms. The van der Waals surface area contributed by atoms with Crippen LogP contribution < -0.4 is 5.32 Å². The van der Waals surface area contributed by atoms with Gasteiger partial charge in [0.15, 0.2) is 0 Å². The van der Waals surface area contributed by atoms with Gasteiger partial charge in [-0.25, -0.2) is 0 Å². The molecule has 3 aromatic rings. The van der Waals surface area contributed by atoms with E-state index in [0.717, 1.165) is 16.9 Å². The summed E-state index contributed by atoms with van der Waals surface area (Å²) >= 11 is 0. The number of para-hydroxylation sites is 1. The number of hydrogen-bond acceptors (Lipinski definition) is 3. The van der Waals surface area contributed by atoms with E-state index in [1.807, 2.05) is 66.7 Å². The first-order valence-electron chi connectivity index (χ1n) is 7.74. The number of anilines is 1. The molecule has 0 saturated heterocycles. The van der Waals surface area contributed by atoms with Gasteiger partial charge in [0, 0.05) is 11.9 Å². The van der Waals surface area contributed by atoms with Crippen LogP contribution in [0.2, 0.25) is 0 Å². The van der Waals surface area contributed by atoms with E-state index in [2.05, 4.69) is 10.3 Å². The molecule has 0 fully saturated rings. The Hall–Kier alpha value is -2.98. The highest BCUT2D eigenvalue weighted by Gasteiger charge is 2.06. The summed E-state index contributed by atoms with van der Waals surface area (Å²) in [5.74, 6) is -0.176. The van der Waals surface area contributed by atoms with Crippen LogP contribution in [0.1, 0.15) is 21.6 Å². The maximum atomic E-state index is 12.1. The summed E-state index contributed by atoms with van der Waals surface area (Å²) in [7, 11) is 0. The average Bonchev–Trinajstić information content (AvgIpc) is 2.64. The van der Waals surface area contributed by atoms with Gasteiger partial charge in [-0.05, 0) is 29.8 Å². The first-order chi connectivity index (χ1) is 11.8. The Kier molecular flexibility index (Phi) is 5.32.